The smallest absolute Gasteiger partial charge is 0.271 e. The van der Waals surface area contributed by atoms with E-state index in [-0.39, 0.29) is 5.91 Å². The van der Waals surface area contributed by atoms with Crippen LogP contribution in [0.3, 0.4) is 0 Å². The monoisotopic (exact) mass is 612 g/mol. The highest BCUT2D eigenvalue weighted by Crippen LogP contribution is 2.38. The highest BCUT2D eigenvalue weighted by Gasteiger charge is 2.34. The molecule has 1 aliphatic rings. The number of thioether (sulfide) groups is 1. The highest BCUT2D eigenvalue weighted by molar-refractivity contribution is 9.10. The van der Waals surface area contributed by atoms with E-state index >= 15 is 0 Å². The molecule has 0 atom stereocenters. The van der Waals surface area contributed by atoms with Crippen molar-refractivity contribution < 1.29 is 14.3 Å². The molecule has 0 bridgehead atoms. The van der Waals surface area contributed by atoms with Crippen LogP contribution in [-0.2, 0) is 11.4 Å². The van der Waals surface area contributed by atoms with Crippen molar-refractivity contribution >= 4 is 56.2 Å². The highest BCUT2D eigenvalue weighted by atomic mass is 79.9. The zero-order chi connectivity index (χ0) is 28.1. The normalized spacial score (nSPS) is 15.2. The molecule has 7 heteroatoms. The predicted molar refractivity (Wildman–Crippen MR) is 169 cm³/mol. The number of aryl methyl sites for hydroxylation is 2. The Morgan fingerprint density at radius 2 is 1.52 bits per heavy atom. The van der Waals surface area contributed by atoms with E-state index in [1.807, 2.05) is 118 Å². The predicted octanol–water partition coefficient (Wildman–Crippen LogP) is 8.85. The van der Waals surface area contributed by atoms with Gasteiger partial charge >= 0.3 is 0 Å². The third kappa shape index (κ3) is 6.66. The Hall–Kier alpha value is -3.81. The van der Waals surface area contributed by atoms with Crippen molar-refractivity contribution in [2.24, 2.45) is 4.99 Å². The molecule has 5 nitrogen and oxygen atoms in total. The molecule has 202 valence electrons. The summed E-state index contributed by atoms with van der Waals surface area (Å²) in [4.78, 5) is 20.8. The minimum absolute atomic E-state index is 0.117. The Bertz CT molecular complexity index is 1560. The van der Waals surface area contributed by atoms with Crippen LogP contribution in [0.15, 0.2) is 105 Å². The number of rotatable bonds is 8. The standard InChI is InChI=1S/C33H29BrN2O3S/c1-4-38-30-19-25(11-18-29(30)39-21-24-9-12-26(34)13-10-24)20-31-32(37)36(28-16-7-23(3)8-17-28)33(40-31)35-27-14-5-22(2)6-15-27/h5-20H,4,21H2,1-3H3/b31-20-,35-33?. The number of benzene rings is 4. The van der Waals surface area contributed by atoms with Gasteiger partial charge in [0.2, 0.25) is 0 Å². The first-order valence-electron chi connectivity index (χ1n) is 13.0. The molecule has 0 radical (unpaired) electrons. The Morgan fingerprint density at radius 3 is 2.20 bits per heavy atom. The number of hydrogen-bond donors (Lipinski definition) is 0. The van der Waals surface area contributed by atoms with E-state index in [0.717, 1.165) is 38.1 Å². The quantitative estimate of drug-likeness (QED) is 0.186. The van der Waals surface area contributed by atoms with Crippen LogP contribution in [-0.4, -0.2) is 17.7 Å². The molecule has 0 N–H and O–H groups in total. The molecule has 40 heavy (non-hydrogen) atoms. The average molecular weight is 614 g/mol. The molecule has 1 saturated heterocycles. The van der Waals surface area contributed by atoms with E-state index in [4.69, 9.17) is 14.5 Å². The summed E-state index contributed by atoms with van der Waals surface area (Å²) in [5.41, 5.74) is 5.76. The van der Waals surface area contributed by atoms with Crippen LogP contribution < -0.4 is 14.4 Å². The Kier molecular flexibility index (Phi) is 8.72. The van der Waals surface area contributed by atoms with Gasteiger partial charge in [-0.2, -0.15) is 0 Å². The lowest BCUT2D eigenvalue weighted by Crippen LogP contribution is -2.28. The molecule has 1 aliphatic heterocycles. The van der Waals surface area contributed by atoms with Gasteiger partial charge in [-0.05, 0) is 98.3 Å². The topological polar surface area (TPSA) is 51.1 Å². The fraction of sp³-hybridized carbons (Fsp3) is 0.152. The fourth-order valence-electron chi connectivity index (χ4n) is 4.10. The number of ether oxygens (including phenoxy) is 2. The molecule has 4 aromatic rings. The minimum atomic E-state index is -0.117. The molecule has 0 unspecified atom stereocenters. The number of anilines is 1. The van der Waals surface area contributed by atoms with Crippen LogP contribution in [0.25, 0.3) is 6.08 Å². The van der Waals surface area contributed by atoms with Crippen LogP contribution in [0.1, 0.15) is 29.2 Å². The number of carbonyl (C=O) groups is 1. The summed E-state index contributed by atoms with van der Waals surface area (Å²) < 4.78 is 13.0. The van der Waals surface area contributed by atoms with Gasteiger partial charge in [-0.25, -0.2) is 4.99 Å². The van der Waals surface area contributed by atoms with Gasteiger partial charge in [-0.1, -0.05) is 69.5 Å². The minimum Gasteiger partial charge on any atom is -0.490 e. The molecule has 5 rings (SSSR count). The maximum Gasteiger partial charge on any atom is 0.271 e. The van der Waals surface area contributed by atoms with E-state index in [1.54, 1.807) is 4.90 Å². The second kappa shape index (κ2) is 12.6. The van der Waals surface area contributed by atoms with Gasteiger partial charge < -0.3 is 9.47 Å². The lowest BCUT2D eigenvalue weighted by atomic mass is 10.1. The van der Waals surface area contributed by atoms with Gasteiger partial charge in [0.25, 0.3) is 5.91 Å². The maximum absolute atomic E-state index is 13.7. The summed E-state index contributed by atoms with van der Waals surface area (Å²) in [6.07, 6.45) is 1.88. The molecular formula is C33H29BrN2O3S. The van der Waals surface area contributed by atoms with Gasteiger partial charge in [0.15, 0.2) is 16.7 Å². The number of aliphatic imine (C=N–C) groups is 1. The summed E-state index contributed by atoms with van der Waals surface area (Å²) in [7, 11) is 0. The molecule has 0 aliphatic carbocycles. The molecule has 0 saturated carbocycles. The third-order valence-corrected chi connectivity index (χ3v) is 7.73. The van der Waals surface area contributed by atoms with Crippen molar-refractivity contribution in [1.29, 1.82) is 0 Å². The fourth-order valence-corrected chi connectivity index (χ4v) is 5.36. The summed E-state index contributed by atoms with van der Waals surface area (Å²) in [5, 5.41) is 0.614. The summed E-state index contributed by atoms with van der Waals surface area (Å²) in [6.45, 7) is 6.92. The van der Waals surface area contributed by atoms with E-state index < -0.39 is 0 Å². The average Bonchev–Trinajstić information content (AvgIpc) is 3.25. The number of hydrogen-bond acceptors (Lipinski definition) is 5. The van der Waals surface area contributed by atoms with Gasteiger partial charge in [0.05, 0.1) is 22.9 Å². The van der Waals surface area contributed by atoms with E-state index in [9.17, 15) is 4.79 Å². The number of carbonyl (C=O) groups excluding carboxylic acids is 1. The number of amides is 1. The zero-order valence-electron chi connectivity index (χ0n) is 22.6. The van der Waals surface area contributed by atoms with E-state index in [2.05, 4.69) is 15.9 Å². The van der Waals surface area contributed by atoms with Gasteiger partial charge in [-0.15, -0.1) is 0 Å². The van der Waals surface area contributed by atoms with Gasteiger partial charge in [0.1, 0.15) is 6.61 Å². The van der Waals surface area contributed by atoms with Crippen LogP contribution in [0.4, 0.5) is 11.4 Å². The SMILES string of the molecule is CCOc1cc(/C=C2\SC(=Nc3ccc(C)cc3)N(c3ccc(C)cc3)C2=O)ccc1OCc1ccc(Br)cc1. The van der Waals surface area contributed by atoms with Crippen molar-refractivity contribution in [2.45, 2.75) is 27.4 Å². The Balaban J connectivity index is 1.44. The first-order chi connectivity index (χ1) is 19.4. The molecule has 0 spiro atoms. The number of amidine groups is 1. The molecular weight excluding hydrogens is 584 g/mol. The van der Waals surface area contributed by atoms with E-state index in [0.29, 0.717) is 34.8 Å². The van der Waals surface area contributed by atoms with Crippen molar-refractivity contribution in [1.82, 2.24) is 0 Å². The zero-order valence-corrected chi connectivity index (χ0v) is 25.0. The molecule has 1 fully saturated rings. The second-order valence-electron chi connectivity index (χ2n) is 9.37. The molecule has 1 heterocycles. The molecule has 4 aromatic carbocycles. The van der Waals surface area contributed by atoms with Crippen LogP contribution in [0, 0.1) is 13.8 Å². The van der Waals surface area contributed by atoms with Crippen molar-refractivity contribution in [3.05, 3.63) is 123 Å². The van der Waals surface area contributed by atoms with Crippen molar-refractivity contribution in [3.8, 4) is 11.5 Å². The lowest BCUT2D eigenvalue weighted by Gasteiger charge is -2.16. The summed E-state index contributed by atoms with van der Waals surface area (Å²) in [5.74, 6) is 1.17. The number of halogens is 1. The van der Waals surface area contributed by atoms with Gasteiger partial charge in [-0.3, -0.25) is 9.69 Å². The maximum atomic E-state index is 13.7. The molecule has 0 aromatic heterocycles. The van der Waals surface area contributed by atoms with Crippen molar-refractivity contribution in [2.75, 3.05) is 11.5 Å². The Morgan fingerprint density at radius 1 is 0.850 bits per heavy atom. The third-order valence-electron chi connectivity index (χ3n) is 6.23. The Labute approximate surface area is 247 Å². The number of nitrogens with zero attached hydrogens (tertiary/aromatic N) is 2. The second-order valence-corrected chi connectivity index (χ2v) is 11.3. The van der Waals surface area contributed by atoms with Crippen LogP contribution >= 0.6 is 27.7 Å². The van der Waals surface area contributed by atoms with Crippen molar-refractivity contribution in [3.63, 3.8) is 0 Å². The first-order valence-corrected chi connectivity index (χ1v) is 14.6. The van der Waals surface area contributed by atoms with E-state index in [1.165, 1.54) is 11.8 Å². The molecule has 1 amide bonds. The summed E-state index contributed by atoms with van der Waals surface area (Å²) >= 11 is 4.82. The van der Waals surface area contributed by atoms with Crippen LogP contribution in [0.2, 0.25) is 0 Å². The summed E-state index contributed by atoms with van der Waals surface area (Å²) in [6, 6.07) is 29.6. The lowest BCUT2D eigenvalue weighted by molar-refractivity contribution is -0.113. The first kappa shape index (κ1) is 27.7. The van der Waals surface area contributed by atoms with Crippen LogP contribution in [0.5, 0.6) is 11.5 Å². The largest absolute Gasteiger partial charge is 0.490 e. The van der Waals surface area contributed by atoms with Gasteiger partial charge in [0, 0.05) is 4.47 Å².